The summed E-state index contributed by atoms with van der Waals surface area (Å²) in [7, 11) is 1.61. The molecular weight excluding hydrogens is 346 g/mol. The van der Waals surface area contributed by atoms with Crippen molar-refractivity contribution >= 4 is 17.5 Å². The van der Waals surface area contributed by atoms with Gasteiger partial charge in [0.15, 0.2) is 5.65 Å². The van der Waals surface area contributed by atoms with Crippen molar-refractivity contribution in [1.82, 2.24) is 29.4 Å². The average molecular weight is 363 g/mol. The number of hydrogen-bond acceptors (Lipinski definition) is 6. The van der Waals surface area contributed by atoms with E-state index in [2.05, 4.69) is 25.5 Å². The highest BCUT2D eigenvalue weighted by atomic mass is 16.5. The molecule has 0 bridgehead atoms. The minimum absolute atomic E-state index is 0.0987. The van der Waals surface area contributed by atoms with Crippen LogP contribution in [0.15, 0.2) is 49.2 Å². The van der Waals surface area contributed by atoms with E-state index in [4.69, 9.17) is 4.74 Å². The van der Waals surface area contributed by atoms with Gasteiger partial charge in [0.05, 0.1) is 13.3 Å². The number of nitrogens with zero attached hydrogens (tertiary/aromatic N) is 6. The molecule has 0 aliphatic carbocycles. The van der Waals surface area contributed by atoms with E-state index in [1.165, 1.54) is 0 Å². The van der Waals surface area contributed by atoms with E-state index in [0.29, 0.717) is 11.4 Å². The second-order valence-corrected chi connectivity index (χ2v) is 6.00. The summed E-state index contributed by atoms with van der Waals surface area (Å²) in [6.45, 7) is 2.02. The zero-order valence-electron chi connectivity index (χ0n) is 14.8. The minimum Gasteiger partial charge on any atom is -0.496 e. The Morgan fingerprint density at radius 3 is 2.89 bits per heavy atom. The van der Waals surface area contributed by atoms with Crippen LogP contribution in [0.3, 0.4) is 0 Å². The third kappa shape index (κ3) is 3.47. The van der Waals surface area contributed by atoms with Crippen LogP contribution in [0.1, 0.15) is 5.56 Å². The Labute approximate surface area is 154 Å². The molecule has 9 nitrogen and oxygen atoms in total. The number of hydrogen-bond donors (Lipinski definition) is 1. The van der Waals surface area contributed by atoms with Crippen LogP contribution in [0.25, 0.3) is 16.8 Å². The lowest BCUT2D eigenvalue weighted by Gasteiger charge is -2.07. The van der Waals surface area contributed by atoms with Crippen molar-refractivity contribution in [3.63, 3.8) is 0 Å². The Morgan fingerprint density at radius 2 is 2.11 bits per heavy atom. The van der Waals surface area contributed by atoms with E-state index in [1.807, 2.05) is 25.3 Å². The fraction of sp³-hybridized carbons (Fsp3) is 0.167. The quantitative estimate of drug-likeness (QED) is 0.582. The summed E-state index contributed by atoms with van der Waals surface area (Å²) >= 11 is 0. The summed E-state index contributed by atoms with van der Waals surface area (Å²) in [5, 5.41) is 11.1. The Kier molecular flexibility index (Phi) is 4.25. The number of aryl methyl sites for hydroxylation is 1. The molecular formula is C18H17N7O2. The van der Waals surface area contributed by atoms with Crippen LogP contribution in [-0.4, -0.2) is 42.4 Å². The van der Waals surface area contributed by atoms with Crippen molar-refractivity contribution in [3.8, 4) is 16.9 Å². The minimum atomic E-state index is -0.247. The van der Waals surface area contributed by atoms with Gasteiger partial charge in [0.25, 0.3) is 0 Å². The molecule has 0 aliphatic rings. The third-order valence-corrected chi connectivity index (χ3v) is 3.96. The molecule has 4 heterocycles. The van der Waals surface area contributed by atoms with Crippen LogP contribution in [0.2, 0.25) is 0 Å². The van der Waals surface area contributed by atoms with Gasteiger partial charge in [0.2, 0.25) is 11.9 Å². The van der Waals surface area contributed by atoms with Crippen molar-refractivity contribution in [3.05, 3.63) is 54.7 Å². The van der Waals surface area contributed by atoms with E-state index in [9.17, 15) is 4.79 Å². The molecule has 4 aromatic rings. The number of pyridine rings is 2. The van der Waals surface area contributed by atoms with Crippen molar-refractivity contribution in [2.45, 2.75) is 13.5 Å². The first-order valence-electron chi connectivity index (χ1n) is 8.26. The molecule has 9 heteroatoms. The van der Waals surface area contributed by atoms with Crippen LogP contribution in [0.5, 0.6) is 5.75 Å². The topological polar surface area (TPSA) is 99.2 Å². The molecule has 1 amide bonds. The Morgan fingerprint density at radius 1 is 1.22 bits per heavy atom. The number of anilines is 1. The van der Waals surface area contributed by atoms with Crippen LogP contribution in [0.4, 0.5) is 5.95 Å². The number of ether oxygens (including phenoxy) is 1. The fourth-order valence-corrected chi connectivity index (χ4v) is 2.74. The number of nitrogens with one attached hydrogen (secondary N) is 1. The van der Waals surface area contributed by atoms with Crippen LogP contribution in [0, 0.1) is 6.92 Å². The predicted molar refractivity (Wildman–Crippen MR) is 98.4 cm³/mol. The molecule has 0 unspecified atom stereocenters. The molecule has 136 valence electrons. The van der Waals surface area contributed by atoms with Crippen molar-refractivity contribution < 1.29 is 9.53 Å². The molecule has 4 aromatic heterocycles. The van der Waals surface area contributed by atoms with Gasteiger partial charge in [0.1, 0.15) is 12.3 Å². The van der Waals surface area contributed by atoms with Crippen LogP contribution in [-0.2, 0) is 11.3 Å². The van der Waals surface area contributed by atoms with Crippen molar-refractivity contribution in [2.24, 2.45) is 0 Å². The summed E-state index contributed by atoms with van der Waals surface area (Å²) in [5.41, 5.74) is 3.33. The average Bonchev–Trinajstić information content (AvgIpc) is 3.25. The molecule has 27 heavy (non-hydrogen) atoms. The predicted octanol–water partition coefficient (Wildman–Crippen LogP) is 1.94. The maximum atomic E-state index is 12.2. The standard InChI is InChI=1S/C18H17N7O2/c1-12-7-20-24(9-12)11-17(26)22-18-21-16-4-3-13(10-25(16)23-18)14-8-19-6-5-15(14)27-2/h3-10H,11H2,1-2H3,(H,22,23,26). The second-order valence-electron chi connectivity index (χ2n) is 6.00. The van der Waals surface area contributed by atoms with E-state index in [-0.39, 0.29) is 18.4 Å². The van der Waals surface area contributed by atoms with E-state index < -0.39 is 0 Å². The molecule has 1 N–H and O–H groups in total. The van der Waals surface area contributed by atoms with Crippen LogP contribution >= 0.6 is 0 Å². The Hall–Kier alpha value is -3.75. The zero-order chi connectivity index (χ0) is 18.8. The number of aromatic nitrogens is 6. The van der Waals surface area contributed by atoms with Crippen molar-refractivity contribution in [2.75, 3.05) is 12.4 Å². The summed E-state index contributed by atoms with van der Waals surface area (Å²) in [6.07, 6.45) is 8.71. The number of fused-ring (bicyclic) bond motifs is 1. The van der Waals surface area contributed by atoms with Gasteiger partial charge < -0.3 is 4.74 Å². The van der Waals surface area contributed by atoms with Gasteiger partial charge in [-0.25, -0.2) is 4.52 Å². The Bertz CT molecular complexity index is 1120. The maximum absolute atomic E-state index is 12.2. The number of carbonyl (C=O) groups excluding carboxylic acids is 1. The van der Waals surface area contributed by atoms with E-state index >= 15 is 0 Å². The fourth-order valence-electron chi connectivity index (χ4n) is 2.74. The monoisotopic (exact) mass is 363 g/mol. The zero-order valence-corrected chi connectivity index (χ0v) is 14.8. The first-order valence-corrected chi connectivity index (χ1v) is 8.26. The molecule has 0 aliphatic heterocycles. The lowest BCUT2D eigenvalue weighted by molar-refractivity contribution is -0.116. The highest BCUT2D eigenvalue weighted by Crippen LogP contribution is 2.28. The van der Waals surface area contributed by atoms with Crippen molar-refractivity contribution in [1.29, 1.82) is 0 Å². The van der Waals surface area contributed by atoms with E-state index in [1.54, 1.807) is 47.2 Å². The van der Waals surface area contributed by atoms with Gasteiger partial charge in [-0.3, -0.25) is 19.8 Å². The van der Waals surface area contributed by atoms with Gasteiger partial charge in [-0.05, 0) is 30.7 Å². The summed E-state index contributed by atoms with van der Waals surface area (Å²) in [5.74, 6) is 0.704. The summed E-state index contributed by atoms with van der Waals surface area (Å²) in [6, 6.07) is 5.52. The molecule has 0 saturated carbocycles. The summed E-state index contributed by atoms with van der Waals surface area (Å²) in [4.78, 5) is 20.6. The van der Waals surface area contributed by atoms with E-state index in [0.717, 1.165) is 16.7 Å². The molecule has 0 spiro atoms. The largest absolute Gasteiger partial charge is 0.496 e. The lowest BCUT2D eigenvalue weighted by atomic mass is 10.1. The highest BCUT2D eigenvalue weighted by Gasteiger charge is 2.11. The number of amides is 1. The number of rotatable bonds is 5. The first kappa shape index (κ1) is 16.7. The third-order valence-electron chi connectivity index (χ3n) is 3.96. The van der Waals surface area contributed by atoms with Gasteiger partial charge in [-0.1, -0.05) is 0 Å². The molecule has 0 saturated heterocycles. The van der Waals surface area contributed by atoms with Gasteiger partial charge in [0, 0.05) is 35.9 Å². The van der Waals surface area contributed by atoms with Gasteiger partial charge in [-0.15, -0.1) is 5.10 Å². The first-order chi connectivity index (χ1) is 13.1. The maximum Gasteiger partial charge on any atom is 0.249 e. The molecule has 0 aromatic carbocycles. The highest BCUT2D eigenvalue weighted by molar-refractivity contribution is 5.88. The lowest BCUT2D eigenvalue weighted by Crippen LogP contribution is -2.19. The molecule has 0 atom stereocenters. The molecule has 4 rings (SSSR count). The normalized spacial score (nSPS) is 10.9. The smallest absolute Gasteiger partial charge is 0.249 e. The van der Waals surface area contributed by atoms with Gasteiger partial charge >= 0.3 is 0 Å². The molecule has 0 radical (unpaired) electrons. The second kappa shape index (κ2) is 6.87. The molecule has 0 fully saturated rings. The number of methoxy groups -OCH3 is 1. The Balaban J connectivity index is 1.56. The SMILES string of the molecule is COc1ccncc1-c1ccc2nc(NC(=O)Cn3cc(C)cn3)nn2c1. The van der Waals surface area contributed by atoms with Crippen LogP contribution < -0.4 is 10.1 Å². The summed E-state index contributed by atoms with van der Waals surface area (Å²) < 4.78 is 8.55. The number of carbonyl (C=O) groups is 1. The van der Waals surface area contributed by atoms with Gasteiger partial charge in [-0.2, -0.15) is 10.1 Å².